The molecule has 0 amide bonds. The second-order valence-corrected chi connectivity index (χ2v) is 6.41. The average Bonchev–Trinajstić information content (AvgIpc) is 2.72. The third kappa shape index (κ3) is 4.37. The van der Waals surface area contributed by atoms with Crippen molar-refractivity contribution in [3.05, 3.63) is 50.1 Å². The van der Waals surface area contributed by atoms with E-state index in [2.05, 4.69) is 31.6 Å². The first-order chi connectivity index (χ1) is 9.06. The molecule has 2 nitrogen and oxygen atoms in total. The highest BCUT2D eigenvalue weighted by Gasteiger charge is 2.12. The van der Waals surface area contributed by atoms with Crippen molar-refractivity contribution in [3.63, 3.8) is 0 Å². The lowest BCUT2D eigenvalue weighted by atomic mass is 10.0. The van der Waals surface area contributed by atoms with Gasteiger partial charge in [0.1, 0.15) is 5.82 Å². The quantitative estimate of drug-likeness (QED) is 0.895. The summed E-state index contributed by atoms with van der Waals surface area (Å²) in [5.41, 5.74) is 2.04. The number of hydrogen-bond acceptors (Lipinski definition) is 3. The van der Waals surface area contributed by atoms with Gasteiger partial charge in [0.25, 0.3) is 0 Å². The van der Waals surface area contributed by atoms with E-state index in [0.29, 0.717) is 0 Å². The fourth-order valence-electron chi connectivity index (χ4n) is 2.00. The molecule has 0 spiro atoms. The Morgan fingerprint density at radius 1 is 1.37 bits per heavy atom. The number of aryl methyl sites for hydroxylation is 1. The third-order valence-corrected chi connectivity index (χ3v) is 4.35. The Kier molecular flexibility index (Phi) is 5.07. The molecule has 0 fully saturated rings. The van der Waals surface area contributed by atoms with E-state index in [1.807, 2.05) is 20.0 Å². The van der Waals surface area contributed by atoms with E-state index < -0.39 is 0 Å². The molecule has 0 aliphatic carbocycles. The van der Waals surface area contributed by atoms with E-state index in [4.69, 9.17) is 0 Å². The monoisotopic (exact) mass is 342 g/mol. The minimum Gasteiger partial charge on any atom is -0.316 e. The minimum atomic E-state index is -0.204. The predicted molar refractivity (Wildman–Crippen MR) is 81.2 cm³/mol. The van der Waals surface area contributed by atoms with Crippen molar-refractivity contribution in [2.45, 2.75) is 25.8 Å². The van der Waals surface area contributed by atoms with Gasteiger partial charge in [-0.05, 0) is 44.2 Å². The van der Waals surface area contributed by atoms with E-state index in [-0.39, 0.29) is 11.9 Å². The molecule has 19 heavy (non-hydrogen) atoms. The maximum atomic E-state index is 13.4. The van der Waals surface area contributed by atoms with Gasteiger partial charge >= 0.3 is 0 Å². The minimum absolute atomic E-state index is 0.204. The fourth-order valence-corrected chi connectivity index (χ4v) is 3.36. The number of nitrogens with zero attached hydrogens (tertiary/aromatic N) is 1. The molecule has 1 unspecified atom stereocenters. The van der Waals surface area contributed by atoms with Gasteiger partial charge in [0, 0.05) is 28.0 Å². The first kappa shape index (κ1) is 14.6. The van der Waals surface area contributed by atoms with Crippen LogP contribution in [0.4, 0.5) is 4.39 Å². The molecule has 2 rings (SSSR count). The normalized spacial score (nSPS) is 12.6. The largest absolute Gasteiger partial charge is 0.316 e. The molecular weight excluding hydrogens is 327 g/mol. The summed E-state index contributed by atoms with van der Waals surface area (Å²) < 4.78 is 14.1. The van der Waals surface area contributed by atoms with E-state index in [0.717, 1.165) is 33.6 Å². The summed E-state index contributed by atoms with van der Waals surface area (Å²) in [6.07, 6.45) is 1.65. The van der Waals surface area contributed by atoms with E-state index >= 15 is 0 Å². The first-order valence-corrected chi connectivity index (χ1v) is 7.77. The lowest BCUT2D eigenvalue weighted by molar-refractivity contribution is 0.551. The third-order valence-electron chi connectivity index (χ3n) is 2.90. The molecule has 2 aromatic rings. The molecule has 1 N–H and O–H groups in total. The van der Waals surface area contributed by atoms with E-state index in [1.54, 1.807) is 17.4 Å². The van der Waals surface area contributed by atoms with Gasteiger partial charge in [-0.25, -0.2) is 9.37 Å². The van der Waals surface area contributed by atoms with Gasteiger partial charge in [0.15, 0.2) is 0 Å². The molecule has 0 saturated carbocycles. The lowest BCUT2D eigenvalue weighted by Crippen LogP contribution is -2.29. The molecule has 1 aromatic carbocycles. The first-order valence-electron chi connectivity index (χ1n) is 6.10. The summed E-state index contributed by atoms with van der Waals surface area (Å²) in [6.45, 7) is 2.00. The SMILES string of the molecule is CNC(Cc1cc(F)cc(Br)c1)Cc1nc(C)cs1. The number of hydrogen-bond donors (Lipinski definition) is 1. The molecule has 0 bridgehead atoms. The van der Waals surface area contributed by atoms with Crippen LogP contribution in [0.3, 0.4) is 0 Å². The number of likely N-dealkylation sites (N-methyl/N-ethyl adjacent to an activating group) is 1. The number of halogens is 2. The number of thiazole rings is 1. The average molecular weight is 343 g/mol. The van der Waals surface area contributed by atoms with Gasteiger partial charge in [-0.2, -0.15) is 0 Å². The Labute approximate surface area is 125 Å². The number of rotatable bonds is 5. The Morgan fingerprint density at radius 2 is 2.16 bits per heavy atom. The van der Waals surface area contributed by atoms with E-state index in [1.165, 1.54) is 6.07 Å². The molecule has 1 heterocycles. The summed E-state index contributed by atoms with van der Waals surface area (Å²) in [7, 11) is 1.93. The Hall–Kier alpha value is -0.780. The van der Waals surface area contributed by atoms with Crippen LogP contribution >= 0.6 is 27.3 Å². The van der Waals surface area contributed by atoms with Gasteiger partial charge in [-0.1, -0.05) is 15.9 Å². The molecule has 0 aliphatic rings. The van der Waals surface area contributed by atoms with Gasteiger partial charge in [0.2, 0.25) is 0 Å². The van der Waals surface area contributed by atoms with Crippen LogP contribution in [0, 0.1) is 12.7 Å². The molecule has 102 valence electrons. The van der Waals surface area contributed by atoms with Crippen LogP contribution in [0.25, 0.3) is 0 Å². The number of nitrogens with one attached hydrogen (secondary N) is 1. The summed E-state index contributed by atoms with van der Waals surface area (Å²) in [6, 6.07) is 5.28. The van der Waals surface area contributed by atoms with Crippen LogP contribution in [0.2, 0.25) is 0 Å². The number of benzene rings is 1. The van der Waals surface area contributed by atoms with E-state index in [9.17, 15) is 4.39 Å². The second-order valence-electron chi connectivity index (χ2n) is 4.55. The highest BCUT2D eigenvalue weighted by atomic mass is 79.9. The van der Waals surface area contributed by atoms with Crippen molar-refractivity contribution in [3.8, 4) is 0 Å². The predicted octanol–water partition coefficient (Wildman–Crippen LogP) is 3.73. The molecule has 0 radical (unpaired) electrons. The van der Waals surface area contributed by atoms with Crippen LogP contribution in [-0.4, -0.2) is 18.1 Å². The Bertz CT molecular complexity index is 536. The maximum Gasteiger partial charge on any atom is 0.124 e. The van der Waals surface area contributed by atoms with Crippen molar-refractivity contribution >= 4 is 27.3 Å². The summed E-state index contributed by atoms with van der Waals surface area (Å²) in [4.78, 5) is 4.47. The molecule has 1 atom stereocenters. The van der Waals surface area contributed by atoms with Gasteiger partial charge < -0.3 is 5.32 Å². The molecule has 1 aromatic heterocycles. The van der Waals surface area contributed by atoms with Crippen molar-refractivity contribution in [1.29, 1.82) is 0 Å². The zero-order valence-corrected chi connectivity index (χ0v) is 13.3. The highest BCUT2D eigenvalue weighted by molar-refractivity contribution is 9.10. The van der Waals surface area contributed by atoms with Gasteiger partial charge in [-0.15, -0.1) is 11.3 Å². The lowest BCUT2D eigenvalue weighted by Gasteiger charge is -2.15. The summed E-state index contributed by atoms with van der Waals surface area (Å²) in [5.74, 6) is -0.204. The number of aromatic nitrogens is 1. The Morgan fingerprint density at radius 3 is 2.74 bits per heavy atom. The molecule has 0 saturated heterocycles. The standard InChI is InChI=1S/C14H16BrFN2S/c1-9-8-19-14(18-9)7-13(17-2)5-10-3-11(15)6-12(16)4-10/h3-4,6,8,13,17H,5,7H2,1-2H3. The van der Waals surface area contributed by atoms with Crippen LogP contribution in [-0.2, 0) is 12.8 Å². The molecule has 5 heteroatoms. The van der Waals surface area contributed by atoms with Crippen molar-refractivity contribution < 1.29 is 4.39 Å². The van der Waals surface area contributed by atoms with Crippen LogP contribution in [0.1, 0.15) is 16.3 Å². The fraction of sp³-hybridized carbons (Fsp3) is 0.357. The van der Waals surface area contributed by atoms with Gasteiger partial charge in [-0.3, -0.25) is 0 Å². The Balaban J connectivity index is 2.06. The van der Waals surface area contributed by atoms with Crippen LogP contribution < -0.4 is 5.32 Å². The molecular formula is C14H16BrFN2S. The van der Waals surface area contributed by atoms with Crippen LogP contribution in [0.5, 0.6) is 0 Å². The zero-order valence-electron chi connectivity index (χ0n) is 10.9. The summed E-state index contributed by atoms with van der Waals surface area (Å²) in [5, 5.41) is 6.45. The van der Waals surface area contributed by atoms with Crippen molar-refractivity contribution in [2.75, 3.05) is 7.05 Å². The van der Waals surface area contributed by atoms with Crippen LogP contribution in [0.15, 0.2) is 28.1 Å². The highest BCUT2D eigenvalue weighted by Crippen LogP contribution is 2.18. The summed E-state index contributed by atoms with van der Waals surface area (Å²) >= 11 is 5.00. The van der Waals surface area contributed by atoms with Gasteiger partial charge in [0.05, 0.1) is 5.01 Å². The smallest absolute Gasteiger partial charge is 0.124 e. The van der Waals surface area contributed by atoms with Crippen molar-refractivity contribution in [2.24, 2.45) is 0 Å². The zero-order chi connectivity index (χ0) is 13.8. The maximum absolute atomic E-state index is 13.4. The second kappa shape index (κ2) is 6.59. The molecule has 0 aliphatic heterocycles. The topological polar surface area (TPSA) is 24.9 Å². The van der Waals surface area contributed by atoms with Crippen molar-refractivity contribution in [1.82, 2.24) is 10.3 Å².